The van der Waals surface area contributed by atoms with Crippen LogP contribution in [0.1, 0.15) is 99.1 Å². The van der Waals surface area contributed by atoms with Crippen molar-refractivity contribution in [2.45, 2.75) is 161 Å². The molecule has 4 heterocycles. The van der Waals surface area contributed by atoms with Gasteiger partial charge in [0.05, 0.1) is 17.1 Å². The number of fused-ring (bicyclic) bond motifs is 3. The first-order chi connectivity index (χ1) is 35.3. The van der Waals surface area contributed by atoms with Crippen LogP contribution in [0.25, 0.3) is 10.9 Å². The Morgan fingerprint density at radius 3 is 2.03 bits per heavy atom. The number of carbonyl (C=O) groups is 7. The van der Waals surface area contributed by atoms with Gasteiger partial charge in [0.1, 0.15) is 54.6 Å². The Kier molecular flexibility index (Phi) is 18.2. The summed E-state index contributed by atoms with van der Waals surface area (Å²) in [6.45, 7) is 16.8. The number of carbonyl (C=O) groups excluding carboxylic acids is 7. The molecule has 3 aliphatic rings. The van der Waals surface area contributed by atoms with Crippen molar-refractivity contribution >= 4 is 57.9 Å². The molecule has 10 atom stereocenters. The molecule has 0 aliphatic carbocycles. The van der Waals surface area contributed by atoms with E-state index in [0.29, 0.717) is 12.2 Å². The van der Waals surface area contributed by atoms with Crippen molar-refractivity contribution in [2.24, 2.45) is 17.8 Å². The van der Waals surface area contributed by atoms with Crippen LogP contribution in [0, 0.1) is 27.9 Å². The number of aliphatic hydroxyl groups is 1. The number of benzene rings is 2. The average molecular weight is 1040 g/mol. The van der Waals surface area contributed by atoms with Crippen LogP contribution in [0.4, 0.5) is 5.69 Å². The van der Waals surface area contributed by atoms with Crippen LogP contribution in [0.3, 0.4) is 0 Å². The summed E-state index contributed by atoms with van der Waals surface area (Å²) in [6, 6.07) is 1.75. The van der Waals surface area contributed by atoms with Crippen LogP contribution in [-0.4, -0.2) is 151 Å². The first-order valence-electron chi connectivity index (χ1n) is 25.8. The molecule has 0 spiro atoms. The SMILES string of the molecule is C/C=C/C[C@@H]1NC(=O)[C@H](CC(C)C)N2C(=O)[C@H](C[C@H](C)[C@H]2O)N(C)C(=O)[C@H](C)NC(=O)[C@H](Cc2ccc(O)c([N+](=O)[O-])c2)NC(=O)[C@H](CC(C)C)N(C)C(=O)[C@H](Cc2cn(C(C)(C)C3CO3)c3ccccc23)NC1=O. The number of nitro groups is 1. The summed E-state index contributed by atoms with van der Waals surface area (Å²) in [6.07, 6.45) is 3.36. The van der Waals surface area contributed by atoms with Gasteiger partial charge in [-0.05, 0) is 88.5 Å². The Hall–Kier alpha value is -6.87. The number of phenols is 1. The van der Waals surface area contributed by atoms with Crippen LogP contribution < -0.4 is 21.3 Å². The average Bonchev–Trinajstić information content (AvgIpc) is 4.16. The number of aromatic hydroxyl groups is 1. The van der Waals surface area contributed by atoms with Gasteiger partial charge in [-0.2, -0.15) is 0 Å². The third-order valence-electron chi connectivity index (χ3n) is 14.7. The number of hydrogen-bond donors (Lipinski definition) is 6. The Morgan fingerprint density at radius 1 is 0.800 bits per heavy atom. The number of ether oxygens (including phenoxy) is 1. The van der Waals surface area contributed by atoms with Crippen LogP contribution in [0.15, 0.2) is 60.8 Å². The van der Waals surface area contributed by atoms with Crippen LogP contribution >= 0.6 is 0 Å². The van der Waals surface area contributed by atoms with E-state index in [2.05, 4.69) is 25.8 Å². The molecule has 6 rings (SSSR count). The van der Waals surface area contributed by atoms with Gasteiger partial charge in [-0.3, -0.25) is 43.7 Å². The Morgan fingerprint density at radius 2 is 1.40 bits per heavy atom. The van der Waals surface area contributed by atoms with Crippen LogP contribution in [0.5, 0.6) is 5.75 Å². The lowest BCUT2D eigenvalue weighted by molar-refractivity contribution is -0.385. The molecule has 1 unspecified atom stereocenters. The van der Waals surface area contributed by atoms with Crippen molar-refractivity contribution in [2.75, 3.05) is 20.7 Å². The van der Waals surface area contributed by atoms with Gasteiger partial charge in [-0.1, -0.05) is 71.0 Å². The van der Waals surface area contributed by atoms with Crippen molar-refractivity contribution in [1.82, 2.24) is 40.5 Å². The van der Waals surface area contributed by atoms with Gasteiger partial charge in [0.25, 0.3) is 0 Å². The summed E-state index contributed by atoms with van der Waals surface area (Å²) in [7, 11) is 2.79. The van der Waals surface area contributed by atoms with Gasteiger partial charge in [0, 0.05) is 56.0 Å². The molecule has 6 N–H and O–H groups in total. The highest BCUT2D eigenvalue weighted by atomic mass is 16.6. The maximum Gasteiger partial charge on any atom is 0.310 e. The molecule has 75 heavy (non-hydrogen) atoms. The number of piperidine rings is 1. The minimum absolute atomic E-state index is 0.00916. The van der Waals surface area contributed by atoms with Gasteiger partial charge < -0.3 is 55.5 Å². The Bertz CT molecular complexity index is 2680. The number of nitrogens with zero attached hydrogens (tertiary/aromatic N) is 5. The van der Waals surface area contributed by atoms with Crippen LogP contribution in [0.2, 0.25) is 0 Å². The summed E-state index contributed by atoms with van der Waals surface area (Å²) < 4.78 is 7.84. The topological polar surface area (TPSA) is 278 Å². The number of nitro benzene ring substituents is 1. The van der Waals surface area contributed by atoms with Crippen molar-refractivity contribution in [3.8, 4) is 5.75 Å². The van der Waals surface area contributed by atoms with E-state index in [1.165, 1.54) is 32.0 Å². The fourth-order valence-corrected chi connectivity index (χ4v) is 10.2. The van der Waals surface area contributed by atoms with E-state index in [1.54, 1.807) is 26.0 Å². The molecule has 408 valence electrons. The zero-order valence-corrected chi connectivity index (χ0v) is 44.9. The van der Waals surface area contributed by atoms with Crippen molar-refractivity contribution < 1.29 is 53.4 Å². The second-order valence-electron chi connectivity index (χ2n) is 21.8. The monoisotopic (exact) mass is 1040 g/mol. The van der Waals surface area contributed by atoms with E-state index >= 15 is 4.79 Å². The molecule has 3 aliphatic heterocycles. The fourth-order valence-electron chi connectivity index (χ4n) is 10.2. The van der Waals surface area contributed by atoms with Gasteiger partial charge in [0.2, 0.25) is 41.4 Å². The van der Waals surface area contributed by atoms with Gasteiger partial charge in [-0.25, -0.2) is 0 Å². The second-order valence-corrected chi connectivity index (χ2v) is 21.8. The lowest BCUT2D eigenvalue weighted by Crippen LogP contribution is -2.66. The standard InChI is InChI=1S/C54H75N9O12/c1-12-13-17-36-46(65)58-38(26-34-27-61(54(8,9)45-28-75-45)39-18-15-14-16-35(34)39)52(71)59(10)41(21-29(2)3)48(67)57-37(24-33-19-20-44(64)40(25-33)63(73)74)47(66)55-32(7)51(70)60(11)43-23-31(6)50(69)62(53(43)72)42(22-30(4)5)49(68)56-36/h12-16,18-20,25,27,29-32,36-38,41-43,45,50,64,69H,17,21-24,26,28H2,1-11H3,(H,55,66)(H,56,68)(H,57,67)(H,58,65)/b13-12+/t31-,32-,36-,37-,38-,41-,42-,43-,45?,50+/m0/s1. The zero-order chi connectivity index (χ0) is 55.4. The van der Waals surface area contributed by atoms with Gasteiger partial charge >= 0.3 is 5.69 Å². The molecule has 21 nitrogen and oxygen atoms in total. The van der Waals surface area contributed by atoms with Crippen molar-refractivity contribution in [3.63, 3.8) is 0 Å². The van der Waals surface area contributed by atoms with Crippen LogP contribution in [-0.2, 0) is 56.7 Å². The van der Waals surface area contributed by atoms with Crippen molar-refractivity contribution in [3.05, 3.63) is 82.1 Å². The summed E-state index contributed by atoms with van der Waals surface area (Å²) >= 11 is 0. The fraction of sp³-hybridized carbons (Fsp3) is 0.574. The number of rotatable bonds is 13. The number of phenolic OH excluding ortho intramolecular Hbond substituents is 1. The third kappa shape index (κ3) is 13.0. The van der Waals surface area contributed by atoms with Gasteiger partial charge in [-0.15, -0.1) is 0 Å². The summed E-state index contributed by atoms with van der Waals surface area (Å²) in [4.78, 5) is 118. The van der Waals surface area contributed by atoms with E-state index in [1.807, 2.05) is 72.0 Å². The van der Waals surface area contributed by atoms with E-state index in [0.717, 1.165) is 32.8 Å². The maximum atomic E-state index is 15.4. The molecular formula is C54H75N9O12. The molecule has 21 heteroatoms. The van der Waals surface area contributed by atoms with E-state index in [9.17, 15) is 49.1 Å². The number of nitrogens with one attached hydrogen (secondary N) is 4. The lowest BCUT2D eigenvalue weighted by atomic mass is 9.89. The van der Waals surface area contributed by atoms with E-state index in [4.69, 9.17) is 4.74 Å². The predicted molar refractivity (Wildman–Crippen MR) is 278 cm³/mol. The number of allylic oxidation sites excluding steroid dienone is 1. The molecule has 2 bridgehead atoms. The molecule has 3 aromatic rings. The summed E-state index contributed by atoms with van der Waals surface area (Å²) in [5.41, 5.74) is 0.535. The highest BCUT2D eigenvalue weighted by molar-refractivity contribution is 5.99. The van der Waals surface area contributed by atoms with Gasteiger partial charge in [0.15, 0.2) is 5.75 Å². The highest BCUT2D eigenvalue weighted by Crippen LogP contribution is 2.37. The van der Waals surface area contributed by atoms with E-state index < -0.39 is 118 Å². The quantitative estimate of drug-likeness (QED) is 0.0622. The highest BCUT2D eigenvalue weighted by Gasteiger charge is 2.48. The maximum absolute atomic E-state index is 15.4. The normalized spacial score (nSPS) is 27.1. The number of epoxide rings is 1. The number of likely N-dealkylation sites (N-methyl/N-ethyl adjacent to an activating group) is 2. The smallest absolute Gasteiger partial charge is 0.310 e. The molecule has 0 saturated carbocycles. The molecule has 2 aromatic carbocycles. The second kappa shape index (κ2) is 23.8. The molecule has 1 aromatic heterocycles. The summed E-state index contributed by atoms with van der Waals surface area (Å²) in [5, 5.41) is 45.9. The number of amides is 7. The lowest BCUT2D eigenvalue weighted by Gasteiger charge is -2.46. The predicted octanol–water partition coefficient (Wildman–Crippen LogP) is 3.41. The molecule has 3 fully saturated rings. The third-order valence-corrected chi connectivity index (χ3v) is 14.7. The largest absolute Gasteiger partial charge is 0.502 e. The van der Waals surface area contributed by atoms with Crippen molar-refractivity contribution in [1.29, 1.82) is 0 Å². The number of para-hydroxylation sites is 1. The summed E-state index contributed by atoms with van der Waals surface area (Å²) in [5.74, 6) is -7.06. The molecule has 0 radical (unpaired) electrons. The molecule has 7 amide bonds. The van der Waals surface area contributed by atoms with E-state index in [-0.39, 0.29) is 62.0 Å². The minimum atomic E-state index is -1.53. The Labute approximate surface area is 437 Å². The molecular weight excluding hydrogens is 967 g/mol. The Balaban J connectivity index is 1.51. The minimum Gasteiger partial charge on any atom is -0.502 e. The molecule has 3 saturated heterocycles. The zero-order valence-electron chi connectivity index (χ0n) is 44.9. The first kappa shape index (κ1) is 57.4. The number of hydrogen-bond acceptors (Lipinski definition) is 12. The number of aromatic nitrogens is 1. The first-order valence-corrected chi connectivity index (χ1v) is 25.8. The number of aliphatic hydroxyl groups excluding tert-OH is 1.